The van der Waals surface area contributed by atoms with Gasteiger partial charge < -0.3 is 5.32 Å². The van der Waals surface area contributed by atoms with E-state index in [-0.39, 0.29) is 16.2 Å². The molecule has 1 aromatic rings. The SMILES string of the molecule is Cc1c(C(=O)NCC2(C)CC2)cc(Br)cc1S(=O)(=O)Cl. The molecular weight excluding hydrogens is 366 g/mol. The first kappa shape index (κ1) is 15.8. The predicted octanol–water partition coefficient (Wildman–Crippen LogP) is 3.21. The Morgan fingerprint density at radius 3 is 2.55 bits per heavy atom. The van der Waals surface area contributed by atoms with Crippen LogP contribution in [-0.2, 0) is 9.05 Å². The number of hydrogen-bond donors (Lipinski definition) is 1. The van der Waals surface area contributed by atoms with E-state index in [9.17, 15) is 13.2 Å². The standard InChI is InChI=1S/C13H15BrClNO3S/c1-8-10(12(17)16-7-13(2)3-4-13)5-9(14)6-11(8)20(15,18)19/h5-6H,3-4,7H2,1-2H3,(H,16,17). The normalized spacial score (nSPS) is 16.8. The highest BCUT2D eigenvalue weighted by molar-refractivity contribution is 9.10. The monoisotopic (exact) mass is 379 g/mol. The molecule has 1 aliphatic carbocycles. The Bertz CT molecular complexity index is 668. The molecule has 0 spiro atoms. The van der Waals surface area contributed by atoms with Crippen LogP contribution in [0.1, 0.15) is 35.7 Å². The molecule has 0 bridgehead atoms. The number of benzene rings is 1. The van der Waals surface area contributed by atoms with Gasteiger partial charge >= 0.3 is 0 Å². The first-order valence-corrected chi connectivity index (χ1v) is 9.26. The van der Waals surface area contributed by atoms with Crippen LogP contribution in [0.3, 0.4) is 0 Å². The first-order valence-electron chi connectivity index (χ1n) is 6.15. The maximum Gasteiger partial charge on any atom is 0.261 e. The summed E-state index contributed by atoms with van der Waals surface area (Å²) in [5, 5.41) is 2.85. The number of rotatable bonds is 4. The molecule has 0 saturated heterocycles. The second-order valence-electron chi connectivity index (χ2n) is 5.51. The Hall–Kier alpha value is -0.590. The van der Waals surface area contributed by atoms with Crippen molar-refractivity contribution in [2.45, 2.75) is 31.6 Å². The van der Waals surface area contributed by atoms with Gasteiger partial charge in [-0.15, -0.1) is 0 Å². The van der Waals surface area contributed by atoms with Crippen molar-refractivity contribution in [3.63, 3.8) is 0 Å². The van der Waals surface area contributed by atoms with Crippen molar-refractivity contribution in [3.05, 3.63) is 27.7 Å². The van der Waals surface area contributed by atoms with Gasteiger partial charge in [0.1, 0.15) is 0 Å². The lowest BCUT2D eigenvalue weighted by atomic mass is 10.1. The maximum atomic E-state index is 12.2. The zero-order valence-corrected chi connectivity index (χ0v) is 14.3. The lowest BCUT2D eigenvalue weighted by Gasteiger charge is -2.13. The van der Waals surface area contributed by atoms with Crippen molar-refractivity contribution in [1.29, 1.82) is 0 Å². The quantitative estimate of drug-likeness (QED) is 0.816. The minimum absolute atomic E-state index is 0.0451. The van der Waals surface area contributed by atoms with Crippen molar-refractivity contribution in [3.8, 4) is 0 Å². The van der Waals surface area contributed by atoms with E-state index in [1.807, 2.05) is 0 Å². The smallest absolute Gasteiger partial charge is 0.261 e. The van der Waals surface area contributed by atoms with Gasteiger partial charge in [-0.2, -0.15) is 0 Å². The van der Waals surface area contributed by atoms with Crippen LogP contribution < -0.4 is 5.32 Å². The molecule has 0 aliphatic heterocycles. The molecule has 0 atom stereocenters. The van der Waals surface area contributed by atoms with Crippen LogP contribution in [0, 0.1) is 12.3 Å². The van der Waals surface area contributed by atoms with Crippen LogP contribution in [-0.4, -0.2) is 20.9 Å². The molecule has 0 aromatic heterocycles. The summed E-state index contributed by atoms with van der Waals surface area (Å²) in [6, 6.07) is 3.00. The van der Waals surface area contributed by atoms with Crippen LogP contribution >= 0.6 is 26.6 Å². The molecule has 1 saturated carbocycles. The van der Waals surface area contributed by atoms with Crippen molar-refractivity contribution in [2.75, 3.05) is 6.54 Å². The van der Waals surface area contributed by atoms with Gasteiger partial charge in [0.2, 0.25) is 0 Å². The first-order chi connectivity index (χ1) is 9.12. The fraction of sp³-hybridized carbons (Fsp3) is 0.462. The zero-order chi connectivity index (χ0) is 15.1. The van der Waals surface area contributed by atoms with Crippen LogP contribution in [0.5, 0.6) is 0 Å². The van der Waals surface area contributed by atoms with Gasteiger partial charge in [-0.1, -0.05) is 22.9 Å². The largest absolute Gasteiger partial charge is 0.351 e. The van der Waals surface area contributed by atoms with E-state index in [1.54, 1.807) is 13.0 Å². The summed E-state index contributed by atoms with van der Waals surface area (Å²) in [5.41, 5.74) is 0.876. The van der Waals surface area contributed by atoms with Crippen LogP contribution in [0.2, 0.25) is 0 Å². The Labute approximate surface area is 131 Å². The van der Waals surface area contributed by atoms with E-state index < -0.39 is 9.05 Å². The van der Waals surface area contributed by atoms with Crippen LogP contribution in [0.15, 0.2) is 21.5 Å². The van der Waals surface area contributed by atoms with E-state index in [2.05, 4.69) is 28.2 Å². The Balaban J connectivity index is 2.31. The van der Waals surface area contributed by atoms with Crippen molar-refractivity contribution >= 4 is 41.6 Å². The van der Waals surface area contributed by atoms with Crippen molar-refractivity contribution < 1.29 is 13.2 Å². The van der Waals surface area contributed by atoms with E-state index >= 15 is 0 Å². The summed E-state index contributed by atoms with van der Waals surface area (Å²) in [6.07, 6.45) is 2.21. The van der Waals surface area contributed by atoms with Gasteiger partial charge in [0.05, 0.1) is 4.90 Å². The van der Waals surface area contributed by atoms with Gasteiger partial charge in [0.15, 0.2) is 0 Å². The van der Waals surface area contributed by atoms with Gasteiger partial charge in [-0.05, 0) is 42.9 Å². The molecule has 110 valence electrons. The molecule has 2 rings (SSSR count). The summed E-state index contributed by atoms with van der Waals surface area (Å²) >= 11 is 3.21. The van der Waals surface area contributed by atoms with Crippen LogP contribution in [0.4, 0.5) is 0 Å². The fourth-order valence-electron chi connectivity index (χ4n) is 1.92. The third-order valence-electron chi connectivity index (χ3n) is 3.61. The molecule has 7 heteroatoms. The molecule has 1 N–H and O–H groups in total. The summed E-state index contributed by atoms with van der Waals surface area (Å²) in [5.74, 6) is -0.279. The minimum Gasteiger partial charge on any atom is -0.351 e. The Morgan fingerprint density at radius 1 is 1.45 bits per heavy atom. The molecule has 1 aromatic carbocycles. The summed E-state index contributed by atoms with van der Waals surface area (Å²) in [4.78, 5) is 12.2. The highest BCUT2D eigenvalue weighted by atomic mass is 79.9. The molecular formula is C13H15BrClNO3S. The lowest BCUT2D eigenvalue weighted by Crippen LogP contribution is -2.29. The zero-order valence-electron chi connectivity index (χ0n) is 11.2. The second kappa shape index (κ2) is 5.31. The molecule has 0 heterocycles. The summed E-state index contributed by atoms with van der Waals surface area (Å²) in [7, 11) is 1.51. The average Bonchev–Trinajstić information content (AvgIpc) is 3.06. The Morgan fingerprint density at radius 2 is 2.05 bits per heavy atom. The number of carbonyl (C=O) groups excluding carboxylic acids is 1. The van der Waals surface area contributed by atoms with E-state index in [4.69, 9.17) is 10.7 Å². The molecule has 1 amide bonds. The van der Waals surface area contributed by atoms with Gasteiger partial charge in [-0.3, -0.25) is 4.79 Å². The molecule has 0 unspecified atom stereocenters. The van der Waals surface area contributed by atoms with Gasteiger partial charge in [0, 0.05) is 27.3 Å². The highest BCUT2D eigenvalue weighted by Crippen LogP contribution is 2.44. The molecule has 0 radical (unpaired) electrons. The number of nitrogens with one attached hydrogen (secondary N) is 1. The summed E-state index contributed by atoms with van der Waals surface area (Å²) in [6.45, 7) is 4.28. The van der Waals surface area contributed by atoms with Crippen molar-refractivity contribution in [2.24, 2.45) is 5.41 Å². The highest BCUT2D eigenvalue weighted by Gasteiger charge is 2.37. The predicted molar refractivity (Wildman–Crippen MR) is 81.6 cm³/mol. The van der Waals surface area contributed by atoms with Gasteiger partial charge in [-0.25, -0.2) is 8.42 Å². The number of carbonyl (C=O) groups is 1. The molecule has 20 heavy (non-hydrogen) atoms. The number of halogens is 2. The van der Waals surface area contributed by atoms with Crippen molar-refractivity contribution in [1.82, 2.24) is 5.32 Å². The number of hydrogen-bond acceptors (Lipinski definition) is 3. The van der Waals surface area contributed by atoms with E-state index in [0.717, 1.165) is 12.8 Å². The topological polar surface area (TPSA) is 63.2 Å². The minimum atomic E-state index is -3.88. The average molecular weight is 381 g/mol. The Kier molecular flexibility index (Phi) is 4.19. The van der Waals surface area contributed by atoms with Crippen LogP contribution in [0.25, 0.3) is 0 Å². The summed E-state index contributed by atoms with van der Waals surface area (Å²) < 4.78 is 23.5. The maximum absolute atomic E-state index is 12.2. The lowest BCUT2D eigenvalue weighted by molar-refractivity contribution is 0.0945. The van der Waals surface area contributed by atoms with Gasteiger partial charge in [0.25, 0.3) is 15.0 Å². The van der Waals surface area contributed by atoms with E-state index in [1.165, 1.54) is 6.07 Å². The third-order valence-corrected chi connectivity index (χ3v) is 5.52. The molecule has 4 nitrogen and oxygen atoms in total. The molecule has 1 fully saturated rings. The third kappa shape index (κ3) is 3.54. The fourth-order valence-corrected chi connectivity index (χ4v) is 3.76. The van der Waals surface area contributed by atoms with E-state index in [0.29, 0.717) is 22.1 Å². The molecule has 1 aliphatic rings. The second-order valence-corrected chi connectivity index (χ2v) is 8.96. The number of amides is 1.